The number of halogens is 3. The summed E-state index contributed by atoms with van der Waals surface area (Å²) in [5.41, 5.74) is 0.147. The largest absolute Gasteiger partial charge is 0.497 e. The van der Waals surface area contributed by atoms with E-state index in [4.69, 9.17) is 9.47 Å². The average molecular weight is 503 g/mol. The number of methoxy groups -OCH3 is 1. The van der Waals surface area contributed by atoms with Gasteiger partial charge in [-0.05, 0) is 42.8 Å². The van der Waals surface area contributed by atoms with E-state index in [1.54, 1.807) is 14.2 Å². The van der Waals surface area contributed by atoms with Crippen LogP contribution in [0.2, 0.25) is 0 Å². The lowest BCUT2D eigenvalue weighted by atomic mass is 10.1. The highest BCUT2D eigenvalue weighted by atomic mass is 127. The fourth-order valence-corrected chi connectivity index (χ4v) is 2.92. The fraction of sp³-hybridized carbons (Fsp3) is 0.350. The number of ether oxygens (including phenoxy) is 2. The predicted octanol–water partition coefficient (Wildman–Crippen LogP) is 3.69. The molecule has 1 fully saturated rings. The van der Waals surface area contributed by atoms with E-state index in [-0.39, 0.29) is 41.5 Å². The Labute approximate surface area is 180 Å². The van der Waals surface area contributed by atoms with Crippen LogP contribution in [-0.4, -0.2) is 39.3 Å². The number of benzene rings is 2. The Balaban J connectivity index is 0.00000280. The Hall–Kier alpha value is -2.10. The van der Waals surface area contributed by atoms with Crippen molar-refractivity contribution in [3.05, 3.63) is 59.7 Å². The molecule has 8 heteroatoms. The zero-order chi connectivity index (χ0) is 19.2. The SMILES string of the molecule is CN=C(NCCOc1ccc(OC)cc1)NC1CC1c1c(F)cccc1F.I. The molecule has 0 spiro atoms. The van der Waals surface area contributed by atoms with Crippen molar-refractivity contribution in [2.45, 2.75) is 18.4 Å². The minimum Gasteiger partial charge on any atom is -0.497 e. The third kappa shape index (κ3) is 5.70. The molecule has 0 saturated heterocycles. The van der Waals surface area contributed by atoms with Gasteiger partial charge in [-0.3, -0.25) is 4.99 Å². The molecule has 1 saturated carbocycles. The highest BCUT2D eigenvalue weighted by Gasteiger charge is 2.42. The maximum atomic E-state index is 13.9. The maximum Gasteiger partial charge on any atom is 0.191 e. The first-order valence-electron chi connectivity index (χ1n) is 8.80. The molecule has 0 amide bonds. The van der Waals surface area contributed by atoms with Gasteiger partial charge in [-0.1, -0.05) is 6.07 Å². The van der Waals surface area contributed by atoms with Crippen LogP contribution >= 0.6 is 24.0 Å². The van der Waals surface area contributed by atoms with Gasteiger partial charge >= 0.3 is 0 Å². The lowest BCUT2D eigenvalue weighted by molar-refractivity contribution is 0.321. The molecule has 5 nitrogen and oxygen atoms in total. The van der Waals surface area contributed by atoms with Crippen molar-refractivity contribution in [2.24, 2.45) is 4.99 Å². The van der Waals surface area contributed by atoms with Crippen LogP contribution in [0.15, 0.2) is 47.5 Å². The van der Waals surface area contributed by atoms with Crippen molar-refractivity contribution in [1.29, 1.82) is 0 Å². The lowest BCUT2D eigenvalue weighted by Crippen LogP contribution is -2.40. The van der Waals surface area contributed by atoms with Crippen LogP contribution in [-0.2, 0) is 0 Å². The van der Waals surface area contributed by atoms with Crippen molar-refractivity contribution < 1.29 is 18.3 Å². The van der Waals surface area contributed by atoms with Gasteiger partial charge in [0, 0.05) is 24.6 Å². The Morgan fingerprint density at radius 1 is 1.11 bits per heavy atom. The maximum absolute atomic E-state index is 13.9. The topological polar surface area (TPSA) is 54.9 Å². The van der Waals surface area contributed by atoms with Crippen LogP contribution < -0.4 is 20.1 Å². The number of hydrogen-bond donors (Lipinski definition) is 2. The summed E-state index contributed by atoms with van der Waals surface area (Å²) in [6.07, 6.45) is 0.668. The lowest BCUT2D eigenvalue weighted by Gasteiger charge is -2.13. The van der Waals surface area contributed by atoms with Crippen LogP contribution in [0.5, 0.6) is 11.5 Å². The highest BCUT2D eigenvalue weighted by Crippen LogP contribution is 2.42. The van der Waals surface area contributed by atoms with E-state index in [1.165, 1.54) is 18.2 Å². The average Bonchev–Trinajstić information content (AvgIpc) is 3.43. The first-order valence-corrected chi connectivity index (χ1v) is 8.80. The first kappa shape index (κ1) is 22.2. The van der Waals surface area contributed by atoms with Crippen molar-refractivity contribution in [2.75, 3.05) is 27.3 Å². The van der Waals surface area contributed by atoms with E-state index >= 15 is 0 Å². The molecule has 0 aliphatic heterocycles. The quantitative estimate of drug-likeness (QED) is 0.262. The van der Waals surface area contributed by atoms with E-state index in [0.717, 1.165) is 11.5 Å². The minimum absolute atomic E-state index is 0. The van der Waals surface area contributed by atoms with E-state index in [9.17, 15) is 8.78 Å². The van der Waals surface area contributed by atoms with Crippen LogP contribution in [0.3, 0.4) is 0 Å². The molecule has 3 rings (SSSR count). The molecule has 0 heterocycles. The van der Waals surface area contributed by atoms with Crippen LogP contribution in [0, 0.1) is 11.6 Å². The zero-order valence-corrected chi connectivity index (χ0v) is 18.1. The van der Waals surface area contributed by atoms with Crippen molar-refractivity contribution in [3.8, 4) is 11.5 Å². The highest BCUT2D eigenvalue weighted by molar-refractivity contribution is 14.0. The molecule has 2 atom stereocenters. The molecule has 0 radical (unpaired) electrons. The summed E-state index contributed by atoms with van der Waals surface area (Å²) in [7, 11) is 3.27. The standard InChI is InChI=1S/C20H23F2N3O2.HI/c1-23-20(24-10-11-27-14-8-6-13(26-2)7-9-14)25-18-12-15(18)19-16(21)4-3-5-17(19)22;/h3-9,15,18H,10-12H2,1-2H3,(H2,23,24,25);1H. The first-order chi connectivity index (χ1) is 13.1. The van der Waals surface area contributed by atoms with Gasteiger partial charge in [0.1, 0.15) is 29.7 Å². The summed E-state index contributed by atoms with van der Waals surface area (Å²) >= 11 is 0. The van der Waals surface area contributed by atoms with E-state index in [2.05, 4.69) is 15.6 Å². The van der Waals surface area contributed by atoms with E-state index < -0.39 is 11.6 Å². The third-order valence-corrected chi connectivity index (χ3v) is 4.43. The number of nitrogens with zero attached hydrogens (tertiary/aromatic N) is 1. The Morgan fingerprint density at radius 2 is 1.75 bits per heavy atom. The number of rotatable bonds is 7. The predicted molar refractivity (Wildman–Crippen MR) is 116 cm³/mol. The Bertz CT molecular complexity index is 782. The van der Waals surface area contributed by atoms with Crippen molar-refractivity contribution in [1.82, 2.24) is 10.6 Å². The van der Waals surface area contributed by atoms with E-state index in [1.807, 2.05) is 24.3 Å². The second kappa shape index (κ2) is 10.4. The third-order valence-electron chi connectivity index (χ3n) is 4.43. The second-order valence-electron chi connectivity index (χ2n) is 6.25. The Kier molecular flexibility index (Phi) is 8.28. The molecule has 0 bridgehead atoms. The fourth-order valence-electron chi connectivity index (χ4n) is 2.92. The number of guanidine groups is 1. The molecule has 2 aromatic rings. The molecule has 2 N–H and O–H groups in total. The molecule has 1 aliphatic carbocycles. The summed E-state index contributed by atoms with van der Waals surface area (Å²) in [6, 6.07) is 11.3. The van der Waals surface area contributed by atoms with Gasteiger partial charge in [0.15, 0.2) is 5.96 Å². The van der Waals surface area contributed by atoms with E-state index in [0.29, 0.717) is 25.5 Å². The molecule has 2 aromatic carbocycles. The molecule has 152 valence electrons. The Morgan fingerprint density at radius 3 is 2.36 bits per heavy atom. The second-order valence-corrected chi connectivity index (χ2v) is 6.25. The summed E-state index contributed by atoms with van der Waals surface area (Å²) in [4.78, 5) is 4.14. The van der Waals surface area contributed by atoms with Crippen LogP contribution in [0.4, 0.5) is 8.78 Å². The van der Waals surface area contributed by atoms with Gasteiger partial charge < -0.3 is 20.1 Å². The smallest absolute Gasteiger partial charge is 0.191 e. The minimum atomic E-state index is -0.500. The van der Waals surface area contributed by atoms with Gasteiger partial charge in [0.05, 0.1) is 13.7 Å². The van der Waals surface area contributed by atoms with Gasteiger partial charge in [-0.15, -0.1) is 24.0 Å². The van der Waals surface area contributed by atoms with Gasteiger partial charge in [0.2, 0.25) is 0 Å². The van der Waals surface area contributed by atoms with Crippen molar-refractivity contribution >= 4 is 29.9 Å². The van der Waals surface area contributed by atoms with Crippen LogP contribution in [0.1, 0.15) is 17.9 Å². The molecular weight excluding hydrogens is 479 g/mol. The van der Waals surface area contributed by atoms with Crippen LogP contribution in [0.25, 0.3) is 0 Å². The summed E-state index contributed by atoms with van der Waals surface area (Å²) in [5, 5.41) is 6.33. The molecule has 28 heavy (non-hydrogen) atoms. The zero-order valence-electron chi connectivity index (χ0n) is 15.7. The molecule has 0 aromatic heterocycles. The number of nitrogens with one attached hydrogen (secondary N) is 2. The van der Waals surface area contributed by atoms with Gasteiger partial charge in [-0.25, -0.2) is 8.78 Å². The summed E-state index contributed by atoms with van der Waals surface area (Å²) in [5.74, 6) is 0.923. The number of aliphatic imine (C=N–C) groups is 1. The molecule has 1 aliphatic rings. The van der Waals surface area contributed by atoms with Gasteiger partial charge in [-0.2, -0.15) is 0 Å². The van der Waals surface area contributed by atoms with Crippen molar-refractivity contribution in [3.63, 3.8) is 0 Å². The molecule has 2 unspecified atom stereocenters. The van der Waals surface area contributed by atoms with Gasteiger partial charge in [0.25, 0.3) is 0 Å². The normalized spacial score (nSPS) is 18.1. The monoisotopic (exact) mass is 503 g/mol. The summed E-state index contributed by atoms with van der Waals surface area (Å²) in [6.45, 7) is 0.986. The number of hydrogen-bond acceptors (Lipinski definition) is 3. The molecular formula is C20H24F2IN3O2. The summed E-state index contributed by atoms with van der Waals surface area (Å²) < 4.78 is 38.4.